The molecule has 0 amide bonds. The van der Waals surface area contributed by atoms with Gasteiger partial charge in [0, 0.05) is 5.92 Å². The predicted molar refractivity (Wildman–Crippen MR) is 68.8 cm³/mol. The van der Waals surface area contributed by atoms with Crippen molar-refractivity contribution in [3.63, 3.8) is 0 Å². The molecule has 0 aromatic heterocycles. The minimum Gasteiger partial charge on any atom is -0.297 e. The fraction of sp³-hybridized carbons (Fsp3) is 0.667. The molecule has 2 N–H and O–H groups in total. The molecular weight excluding hydrogens is 232 g/mol. The molecule has 1 aliphatic heterocycles. The second kappa shape index (κ2) is 5.84. The van der Waals surface area contributed by atoms with Crippen LogP contribution in [0.15, 0.2) is 0 Å². The summed E-state index contributed by atoms with van der Waals surface area (Å²) in [4.78, 5) is 0. The van der Waals surface area contributed by atoms with E-state index in [2.05, 4.69) is 12.1 Å². The van der Waals surface area contributed by atoms with Gasteiger partial charge in [-0.15, -0.1) is 0 Å². The summed E-state index contributed by atoms with van der Waals surface area (Å²) in [5.74, 6) is -1.01. The minimum absolute atomic E-state index is 0.193. The van der Waals surface area contributed by atoms with Crippen LogP contribution >= 0.6 is 11.8 Å². The Labute approximate surface area is 106 Å². The number of nitrogens with zero attached hydrogens (tertiary/aromatic N) is 2. The van der Waals surface area contributed by atoms with E-state index < -0.39 is 11.8 Å². The summed E-state index contributed by atoms with van der Waals surface area (Å²) < 4.78 is 0. The molecule has 4 nitrogen and oxygen atoms in total. The maximum absolute atomic E-state index is 9.19. The zero-order valence-corrected chi connectivity index (χ0v) is 10.8. The zero-order valence-electron chi connectivity index (χ0n) is 10.0. The molecule has 0 aromatic rings. The van der Waals surface area contributed by atoms with E-state index in [9.17, 15) is 10.5 Å². The Balaban J connectivity index is 3.14. The molecular formula is C12H16N4S. The Morgan fingerprint density at radius 1 is 1.12 bits per heavy atom. The summed E-state index contributed by atoms with van der Waals surface area (Å²) in [5.41, 5.74) is 0. The van der Waals surface area contributed by atoms with E-state index in [0.29, 0.717) is 0 Å². The molecule has 90 valence electrons. The Morgan fingerprint density at radius 2 is 1.53 bits per heavy atom. The van der Waals surface area contributed by atoms with Gasteiger partial charge in [-0.1, -0.05) is 38.5 Å². The van der Waals surface area contributed by atoms with E-state index in [1.54, 1.807) is 0 Å². The Hall–Kier alpha value is -1.33. The molecule has 1 saturated heterocycles. The first-order valence-electron chi connectivity index (χ1n) is 5.74. The van der Waals surface area contributed by atoms with Crippen molar-refractivity contribution in [2.45, 2.75) is 26.7 Å². The fourth-order valence-corrected chi connectivity index (χ4v) is 3.36. The van der Waals surface area contributed by atoms with E-state index in [0.717, 1.165) is 24.6 Å². The van der Waals surface area contributed by atoms with Gasteiger partial charge < -0.3 is 0 Å². The second-order valence-electron chi connectivity index (χ2n) is 4.20. The summed E-state index contributed by atoms with van der Waals surface area (Å²) in [6, 6.07) is 4.29. The van der Waals surface area contributed by atoms with Crippen LogP contribution in [0.5, 0.6) is 0 Å². The van der Waals surface area contributed by atoms with Gasteiger partial charge in [-0.05, 0) is 5.92 Å². The van der Waals surface area contributed by atoms with Crippen molar-refractivity contribution in [3.05, 3.63) is 0 Å². The first kappa shape index (κ1) is 13.7. The number of thioether (sulfide) groups is 1. The molecule has 0 saturated carbocycles. The van der Waals surface area contributed by atoms with E-state index >= 15 is 0 Å². The smallest absolute Gasteiger partial charge is 0.0989 e. The second-order valence-corrected chi connectivity index (χ2v) is 5.28. The average Bonchev–Trinajstić information content (AvgIpc) is 2.31. The van der Waals surface area contributed by atoms with E-state index in [1.165, 1.54) is 0 Å². The van der Waals surface area contributed by atoms with E-state index in [1.807, 2.05) is 13.8 Å². The Bertz CT molecular complexity index is 368. The van der Waals surface area contributed by atoms with Gasteiger partial charge in [-0.3, -0.25) is 10.8 Å². The normalized spacial score (nSPS) is 28.9. The van der Waals surface area contributed by atoms with E-state index in [4.69, 9.17) is 10.8 Å². The standard InChI is InChI=1S/C12H16N4S/c1-3-7(4-2)10-8(5-13)11(15)17-12(16)9(10)6-14/h7-10,15-16H,3-4H2,1-2H3. The van der Waals surface area contributed by atoms with Crippen molar-refractivity contribution in [1.29, 1.82) is 21.3 Å². The van der Waals surface area contributed by atoms with Crippen molar-refractivity contribution in [2.75, 3.05) is 0 Å². The molecule has 1 aliphatic rings. The number of hydrogen-bond acceptors (Lipinski definition) is 5. The molecule has 2 atom stereocenters. The van der Waals surface area contributed by atoms with Crippen LogP contribution in [-0.2, 0) is 0 Å². The molecule has 2 unspecified atom stereocenters. The maximum atomic E-state index is 9.19. The summed E-state index contributed by atoms with van der Waals surface area (Å²) in [6.45, 7) is 4.07. The average molecular weight is 248 g/mol. The van der Waals surface area contributed by atoms with Crippen LogP contribution in [0.1, 0.15) is 26.7 Å². The van der Waals surface area contributed by atoms with Crippen molar-refractivity contribution in [3.8, 4) is 12.1 Å². The summed E-state index contributed by atoms with van der Waals surface area (Å²) in [5, 5.41) is 34.4. The molecule has 1 rings (SSSR count). The molecule has 5 heteroatoms. The van der Waals surface area contributed by atoms with Crippen molar-refractivity contribution in [2.24, 2.45) is 23.7 Å². The van der Waals surface area contributed by atoms with Crippen molar-refractivity contribution >= 4 is 21.8 Å². The van der Waals surface area contributed by atoms with Crippen molar-refractivity contribution in [1.82, 2.24) is 0 Å². The topological polar surface area (TPSA) is 95.3 Å². The lowest BCUT2D eigenvalue weighted by Gasteiger charge is -2.36. The number of hydrogen-bond donors (Lipinski definition) is 2. The maximum Gasteiger partial charge on any atom is 0.0989 e. The zero-order chi connectivity index (χ0) is 13.0. The van der Waals surface area contributed by atoms with Crippen LogP contribution in [0.3, 0.4) is 0 Å². The summed E-state index contributed by atoms with van der Waals surface area (Å²) >= 11 is 0.970. The summed E-state index contributed by atoms with van der Waals surface area (Å²) in [6.07, 6.45) is 1.76. The van der Waals surface area contributed by atoms with Gasteiger partial charge in [0.25, 0.3) is 0 Å². The highest BCUT2D eigenvalue weighted by Crippen LogP contribution is 2.42. The van der Waals surface area contributed by atoms with Gasteiger partial charge in [-0.2, -0.15) is 10.5 Å². The molecule has 0 spiro atoms. The van der Waals surface area contributed by atoms with Crippen LogP contribution in [0.2, 0.25) is 0 Å². The molecule has 0 bridgehead atoms. The number of nitriles is 2. The van der Waals surface area contributed by atoms with Gasteiger partial charge in [-0.25, -0.2) is 0 Å². The largest absolute Gasteiger partial charge is 0.297 e. The lowest BCUT2D eigenvalue weighted by atomic mass is 9.72. The third-order valence-electron chi connectivity index (χ3n) is 3.43. The Morgan fingerprint density at radius 3 is 1.82 bits per heavy atom. The molecule has 1 fully saturated rings. The van der Waals surface area contributed by atoms with Gasteiger partial charge in [0.05, 0.1) is 34.1 Å². The van der Waals surface area contributed by atoms with Gasteiger partial charge in [0.1, 0.15) is 0 Å². The molecule has 17 heavy (non-hydrogen) atoms. The molecule has 0 aliphatic carbocycles. The van der Waals surface area contributed by atoms with Crippen LogP contribution < -0.4 is 0 Å². The fourth-order valence-electron chi connectivity index (χ4n) is 2.45. The molecule has 1 heterocycles. The number of nitrogens with one attached hydrogen (secondary N) is 2. The number of rotatable bonds is 3. The highest BCUT2D eigenvalue weighted by molar-refractivity contribution is 8.26. The Kier molecular flexibility index (Phi) is 4.72. The lowest BCUT2D eigenvalue weighted by molar-refractivity contribution is 0.264. The van der Waals surface area contributed by atoms with Crippen LogP contribution in [0, 0.1) is 57.2 Å². The third kappa shape index (κ3) is 2.50. The first-order chi connectivity index (χ1) is 8.10. The highest BCUT2D eigenvalue weighted by Gasteiger charge is 2.44. The molecule has 0 aromatic carbocycles. The monoisotopic (exact) mass is 248 g/mol. The van der Waals surface area contributed by atoms with Gasteiger partial charge in [0.15, 0.2) is 0 Å². The SMILES string of the molecule is CCC(CC)C1C(C#N)C(=N)SC(=N)C1C#N. The quantitative estimate of drug-likeness (QED) is 0.803. The van der Waals surface area contributed by atoms with Crippen LogP contribution in [0.25, 0.3) is 0 Å². The molecule has 0 radical (unpaired) electrons. The van der Waals surface area contributed by atoms with Crippen molar-refractivity contribution < 1.29 is 0 Å². The first-order valence-corrected chi connectivity index (χ1v) is 6.56. The third-order valence-corrected chi connectivity index (χ3v) is 4.37. The van der Waals surface area contributed by atoms with Crippen LogP contribution in [-0.4, -0.2) is 10.1 Å². The van der Waals surface area contributed by atoms with Crippen LogP contribution in [0.4, 0.5) is 0 Å². The predicted octanol–water partition coefficient (Wildman–Crippen LogP) is 3.02. The van der Waals surface area contributed by atoms with Gasteiger partial charge >= 0.3 is 0 Å². The highest BCUT2D eigenvalue weighted by atomic mass is 32.2. The van der Waals surface area contributed by atoms with E-state index in [-0.39, 0.29) is 21.9 Å². The minimum atomic E-state index is -0.524. The lowest BCUT2D eigenvalue weighted by Crippen LogP contribution is -2.40. The van der Waals surface area contributed by atoms with Gasteiger partial charge in [0.2, 0.25) is 0 Å². The summed E-state index contributed by atoms with van der Waals surface area (Å²) in [7, 11) is 0.